The van der Waals surface area contributed by atoms with Gasteiger partial charge in [0.05, 0.1) is 12.0 Å². The molecule has 4 atom stereocenters. The second-order valence-electron chi connectivity index (χ2n) is 7.50. The predicted octanol–water partition coefficient (Wildman–Crippen LogP) is 5.35. The van der Waals surface area contributed by atoms with E-state index >= 15 is 0 Å². The van der Waals surface area contributed by atoms with Crippen molar-refractivity contribution in [3.63, 3.8) is 0 Å². The predicted molar refractivity (Wildman–Crippen MR) is 97.8 cm³/mol. The fraction of sp³-hybridized carbons (Fsp3) is 0.762. The zero-order chi connectivity index (χ0) is 17.8. The molecule has 0 amide bonds. The fourth-order valence-corrected chi connectivity index (χ4v) is 4.22. The van der Waals surface area contributed by atoms with Gasteiger partial charge < -0.3 is 9.47 Å². The topological polar surface area (TPSA) is 35.5 Å². The maximum absolute atomic E-state index is 11.7. The zero-order valence-corrected chi connectivity index (χ0v) is 16.1. The van der Waals surface area contributed by atoms with Gasteiger partial charge in [0.2, 0.25) is 0 Å². The molecule has 0 spiro atoms. The van der Waals surface area contributed by atoms with E-state index in [1.165, 1.54) is 5.57 Å². The number of carbonyl (C=O) groups is 1. The molecule has 0 bridgehead atoms. The minimum atomic E-state index is -0.407. The Morgan fingerprint density at radius 1 is 1.29 bits per heavy atom. The van der Waals surface area contributed by atoms with Crippen LogP contribution in [0, 0.1) is 5.92 Å². The van der Waals surface area contributed by atoms with Gasteiger partial charge in [-0.25, -0.2) is 0 Å². The van der Waals surface area contributed by atoms with E-state index in [1.54, 1.807) is 0 Å². The van der Waals surface area contributed by atoms with Crippen LogP contribution in [0.25, 0.3) is 0 Å². The van der Waals surface area contributed by atoms with Crippen LogP contribution in [-0.2, 0) is 14.3 Å². The number of allylic oxidation sites excluding steroid dienone is 3. The zero-order valence-electron chi connectivity index (χ0n) is 16.1. The Bertz CT molecular complexity index is 507. The monoisotopic (exact) mass is 334 g/mol. The third-order valence-electron chi connectivity index (χ3n) is 5.69. The molecule has 3 heteroatoms. The average Bonchev–Trinajstić information content (AvgIpc) is 3.01. The van der Waals surface area contributed by atoms with Gasteiger partial charge >= 0.3 is 5.97 Å². The lowest BCUT2D eigenvalue weighted by atomic mass is 9.83. The summed E-state index contributed by atoms with van der Waals surface area (Å²) in [7, 11) is 0. The van der Waals surface area contributed by atoms with Crippen molar-refractivity contribution in [3.8, 4) is 0 Å². The summed E-state index contributed by atoms with van der Waals surface area (Å²) in [4.78, 5) is 11.7. The lowest BCUT2D eigenvalue weighted by Gasteiger charge is -2.28. The van der Waals surface area contributed by atoms with Crippen LogP contribution < -0.4 is 0 Å². The Labute approximate surface area is 147 Å². The van der Waals surface area contributed by atoms with Crippen molar-refractivity contribution in [1.82, 2.24) is 0 Å². The molecule has 2 fully saturated rings. The smallest absolute Gasteiger partial charge is 0.309 e. The van der Waals surface area contributed by atoms with Gasteiger partial charge in [0, 0.05) is 6.42 Å². The number of rotatable bonds is 8. The summed E-state index contributed by atoms with van der Waals surface area (Å²) >= 11 is 0. The van der Waals surface area contributed by atoms with Crippen LogP contribution in [0.4, 0.5) is 0 Å². The molecule has 2 saturated heterocycles. The van der Waals surface area contributed by atoms with E-state index < -0.39 is 5.60 Å². The molecular formula is C21H34O3. The molecule has 136 valence electrons. The molecule has 0 saturated carbocycles. The van der Waals surface area contributed by atoms with Crippen LogP contribution in [-0.4, -0.2) is 23.3 Å². The molecule has 3 nitrogen and oxygen atoms in total. The first-order chi connectivity index (χ1) is 11.4. The van der Waals surface area contributed by atoms with Gasteiger partial charge in [-0.1, -0.05) is 51.5 Å². The van der Waals surface area contributed by atoms with E-state index in [0.29, 0.717) is 12.3 Å². The first-order valence-corrected chi connectivity index (χ1v) is 9.67. The van der Waals surface area contributed by atoms with E-state index in [1.807, 2.05) is 0 Å². The van der Waals surface area contributed by atoms with Gasteiger partial charge in [-0.15, -0.1) is 0 Å². The van der Waals surface area contributed by atoms with Crippen LogP contribution in [0.3, 0.4) is 0 Å². The molecule has 0 N–H and O–H groups in total. The lowest BCUT2D eigenvalue weighted by molar-refractivity contribution is -0.149. The molecule has 0 aromatic carbocycles. The molecule has 0 aromatic heterocycles. The Morgan fingerprint density at radius 3 is 2.58 bits per heavy atom. The number of hydrogen-bond acceptors (Lipinski definition) is 3. The van der Waals surface area contributed by atoms with Crippen molar-refractivity contribution in [2.24, 2.45) is 5.92 Å². The molecule has 0 radical (unpaired) electrons. The molecule has 2 rings (SSSR count). The van der Waals surface area contributed by atoms with Gasteiger partial charge in [0.25, 0.3) is 0 Å². The Balaban J connectivity index is 2.14. The summed E-state index contributed by atoms with van der Waals surface area (Å²) in [5, 5.41) is 0. The summed E-state index contributed by atoms with van der Waals surface area (Å²) < 4.78 is 12.1. The average molecular weight is 335 g/mol. The first-order valence-electron chi connectivity index (χ1n) is 9.67. The number of esters is 1. The summed E-state index contributed by atoms with van der Waals surface area (Å²) in [5.41, 5.74) is 0.691. The molecule has 24 heavy (non-hydrogen) atoms. The minimum Gasteiger partial charge on any atom is -0.456 e. The quantitative estimate of drug-likeness (QED) is 0.443. The molecule has 0 aliphatic carbocycles. The number of hydrogen-bond donors (Lipinski definition) is 0. The van der Waals surface area contributed by atoms with Crippen molar-refractivity contribution < 1.29 is 14.3 Å². The van der Waals surface area contributed by atoms with Gasteiger partial charge in [-0.3, -0.25) is 4.79 Å². The third kappa shape index (κ3) is 3.93. The van der Waals surface area contributed by atoms with Crippen molar-refractivity contribution in [2.45, 2.75) is 96.9 Å². The second kappa shape index (κ2) is 7.86. The summed E-state index contributed by atoms with van der Waals surface area (Å²) in [6, 6.07) is 0. The van der Waals surface area contributed by atoms with E-state index in [-0.39, 0.29) is 17.7 Å². The van der Waals surface area contributed by atoms with Crippen molar-refractivity contribution >= 4 is 5.97 Å². The highest BCUT2D eigenvalue weighted by atomic mass is 16.6. The molecule has 0 aromatic rings. The van der Waals surface area contributed by atoms with Crippen molar-refractivity contribution in [3.05, 3.63) is 23.8 Å². The van der Waals surface area contributed by atoms with E-state index in [9.17, 15) is 4.79 Å². The molecule has 2 aliphatic heterocycles. The van der Waals surface area contributed by atoms with Crippen LogP contribution >= 0.6 is 0 Å². The molecular weight excluding hydrogens is 300 g/mol. The Morgan fingerprint density at radius 2 is 2.04 bits per heavy atom. The normalized spacial score (nSPS) is 34.6. The lowest BCUT2D eigenvalue weighted by Crippen LogP contribution is -2.35. The Kier molecular flexibility index (Phi) is 6.30. The molecule has 2 heterocycles. The highest BCUT2D eigenvalue weighted by molar-refractivity contribution is 5.73. The van der Waals surface area contributed by atoms with E-state index in [4.69, 9.17) is 9.47 Å². The van der Waals surface area contributed by atoms with Crippen molar-refractivity contribution in [1.29, 1.82) is 0 Å². The highest BCUT2D eigenvalue weighted by Crippen LogP contribution is 2.50. The number of carbonyl (C=O) groups excluding carboxylic acids is 1. The van der Waals surface area contributed by atoms with Crippen LogP contribution in [0.1, 0.15) is 79.6 Å². The van der Waals surface area contributed by atoms with E-state index in [2.05, 4.69) is 52.8 Å². The summed E-state index contributed by atoms with van der Waals surface area (Å²) in [5.74, 6) is 0.483. The number of fused-ring (bicyclic) bond motifs is 1. The third-order valence-corrected chi connectivity index (χ3v) is 5.69. The second-order valence-corrected chi connectivity index (χ2v) is 7.50. The molecule has 2 aliphatic rings. The SMILES string of the molecule is CCC=CC(CC)CC(C)=CC1(CC)CC2(CC)OC(=O)CC2O1. The molecule has 4 unspecified atom stereocenters. The van der Waals surface area contributed by atoms with Crippen LogP contribution in [0.15, 0.2) is 23.8 Å². The van der Waals surface area contributed by atoms with Gasteiger partial charge in [-0.2, -0.15) is 0 Å². The van der Waals surface area contributed by atoms with Crippen LogP contribution in [0.2, 0.25) is 0 Å². The van der Waals surface area contributed by atoms with Crippen molar-refractivity contribution in [2.75, 3.05) is 0 Å². The maximum Gasteiger partial charge on any atom is 0.309 e. The van der Waals surface area contributed by atoms with Gasteiger partial charge in [0.1, 0.15) is 11.7 Å². The number of ether oxygens (including phenoxy) is 2. The van der Waals surface area contributed by atoms with Crippen LogP contribution in [0.5, 0.6) is 0 Å². The summed E-state index contributed by atoms with van der Waals surface area (Å²) in [6.07, 6.45) is 13.1. The fourth-order valence-electron chi connectivity index (χ4n) is 4.22. The maximum atomic E-state index is 11.7. The van der Waals surface area contributed by atoms with E-state index in [0.717, 1.165) is 38.5 Å². The summed E-state index contributed by atoms with van der Waals surface area (Å²) in [6.45, 7) is 10.9. The first kappa shape index (κ1) is 19.2. The van der Waals surface area contributed by atoms with Gasteiger partial charge in [0.15, 0.2) is 0 Å². The van der Waals surface area contributed by atoms with Gasteiger partial charge in [-0.05, 0) is 44.9 Å². The minimum absolute atomic E-state index is 0.0824. The Hall–Kier alpha value is -1.09. The largest absolute Gasteiger partial charge is 0.456 e. The highest BCUT2D eigenvalue weighted by Gasteiger charge is 2.60. The standard InChI is InChI=1S/C21H34O3/c1-6-10-11-17(7-2)12-16(5)14-20(8-3)15-21(9-4)18(23-20)13-19(22)24-21/h10-11,14,17-18H,6-9,12-13,15H2,1-5H3.